The molecule has 0 atom stereocenters. The third kappa shape index (κ3) is 1.72. The first-order valence-corrected chi connectivity index (χ1v) is 7.40. The smallest absolute Gasteiger partial charge is 0.0808 e. The van der Waals surface area contributed by atoms with E-state index in [2.05, 4.69) is 54.7 Å². The quantitative estimate of drug-likeness (QED) is 0.639. The SMILES string of the molecule is C1=CCC([Si](C2=CC=CC2)C2=CC=CC2)=C1. The molecule has 1 radical (unpaired) electrons. The van der Waals surface area contributed by atoms with Crippen molar-refractivity contribution in [1.82, 2.24) is 0 Å². The van der Waals surface area contributed by atoms with E-state index in [1.165, 1.54) is 19.3 Å². The molecule has 0 bridgehead atoms. The summed E-state index contributed by atoms with van der Waals surface area (Å²) >= 11 is 0. The molecule has 16 heavy (non-hydrogen) atoms. The summed E-state index contributed by atoms with van der Waals surface area (Å²) in [7, 11) is -0.582. The van der Waals surface area contributed by atoms with Crippen molar-refractivity contribution in [1.29, 1.82) is 0 Å². The molecule has 0 saturated heterocycles. The lowest BCUT2D eigenvalue weighted by atomic mass is 10.4. The molecule has 3 aliphatic carbocycles. The van der Waals surface area contributed by atoms with Gasteiger partial charge in [0.25, 0.3) is 0 Å². The van der Waals surface area contributed by atoms with Gasteiger partial charge in [0.1, 0.15) is 8.80 Å². The Bertz CT molecular complexity index is 398. The molecule has 0 heterocycles. The monoisotopic (exact) mass is 223 g/mol. The van der Waals surface area contributed by atoms with Gasteiger partial charge in [0.05, 0.1) is 0 Å². The van der Waals surface area contributed by atoms with E-state index < -0.39 is 8.80 Å². The van der Waals surface area contributed by atoms with Crippen molar-refractivity contribution in [2.45, 2.75) is 19.3 Å². The van der Waals surface area contributed by atoms with Crippen molar-refractivity contribution in [2.75, 3.05) is 0 Å². The topological polar surface area (TPSA) is 0 Å². The van der Waals surface area contributed by atoms with E-state index in [4.69, 9.17) is 0 Å². The van der Waals surface area contributed by atoms with Gasteiger partial charge < -0.3 is 0 Å². The second-order valence-electron chi connectivity index (χ2n) is 4.35. The molecule has 3 rings (SSSR count). The highest BCUT2D eigenvalue weighted by Gasteiger charge is 2.26. The van der Waals surface area contributed by atoms with Crippen molar-refractivity contribution >= 4 is 8.80 Å². The Morgan fingerprint density at radius 3 is 1.25 bits per heavy atom. The van der Waals surface area contributed by atoms with E-state index in [9.17, 15) is 0 Å². The summed E-state index contributed by atoms with van der Waals surface area (Å²) in [4.78, 5) is 0. The van der Waals surface area contributed by atoms with Crippen molar-refractivity contribution < 1.29 is 0 Å². The zero-order valence-corrected chi connectivity index (χ0v) is 10.3. The molecule has 0 saturated carbocycles. The molecule has 0 amide bonds. The van der Waals surface area contributed by atoms with Gasteiger partial charge in [-0.05, 0) is 19.3 Å². The summed E-state index contributed by atoms with van der Waals surface area (Å²) in [6.07, 6.45) is 24.0. The molecular weight excluding hydrogens is 208 g/mol. The average molecular weight is 223 g/mol. The lowest BCUT2D eigenvalue weighted by Crippen LogP contribution is -2.22. The van der Waals surface area contributed by atoms with Gasteiger partial charge in [-0.2, -0.15) is 0 Å². The fraction of sp³-hybridized carbons (Fsp3) is 0.200. The summed E-state index contributed by atoms with van der Waals surface area (Å²) in [5, 5.41) is 4.99. The number of hydrogen-bond donors (Lipinski definition) is 0. The minimum atomic E-state index is -0.582. The van der Waals surface area contributed by atoms with Crippen LogP contribution in [0.15, 0.2) is 70.3 Å². The minimum absolute atomic E-state index is 0.582. The molecule has 0 nitrogen and oxygen atoms in total. The minimum Gasteiger partial charge on any atom is -0.0808 e. The Labute approximate surface area is 98.7 Å². The zero-order valence-electron chi connectivity index (χ0n) is 9.32. The fourth-order valence-electron chi connectivity index (χ4n) is 2.52. The summed E-state index contributed by atoms with van der Waals surface area (Å²) in [6, 6.07) is 0. The predicted molar refractivity (Wildman–Crippen MR) is 71.3 cm³/mol. The average Bonchev–Trinajstić information content (AvgIpc) is 3.02. The van der Waals surface area contributed by atoms with E-state index in [0.29, 0.717) is 0 Å². The molecule has 0 aromatic heterocycles. The number of allylic oxidation sites excluding steroid dienone is 12. The standard InChI is InChI=1S/C15H15Si/c1-2-8-13(7-1)16(14-9-3-4-10-14)15-11-5-6-12-15/h1-7,9,11H,8,10,12H2. The number of hydrogen-bond acceptors (Lipinski definition) is 0. The summed E-state index contributed by atoms with van der Waals surface area (Å²) in [6.45, 7) is 0. The van der Waals surface area contributed by atoms with Gasteiger partial charge in [-0.25, -0.2) is 0 Å². The van der Waals surface area contributed by atoms with Gasteiger partial charge >= 0.3 is 0 Å². The zero-order chi connectivity index (χ0) is 10.8. The maximum atomic E-state index is 2.34. The Hall–Kier alpha value is -1.34. The van der Waals surface area contributed by atoms with Crippen molar-refractivity contribution in [3.05, 3.63) is 70.3 Å². The largest absolute Gasteiger partial charge is 0.142 e. The van der Waals surface area contributed by atoms with E-state index in [-0.39, 0.29) is 0 Å². The summed E-state index contributed by atoms with van der Waals surface area (Å²) < 4.78 is 0. The molecule has 0 unspecified atom stereocenters. The molecule has 0 fully saturated rings. The van der Waals surface area contributed by atoms with Gasteiger partial charge in [-0.1, -0.05) is 70.3 Å². The Morgan fingerprint density at radius 2 is 1.00 bits per heavy atom. The van der Waals surface area contributed by atoms with Gasteiger partial charge in [0.2, 0.25) is 0 Å². The normalized spacial score (nSPS) is 21.9. The first-order valence-electron chi connectivity index (χ1n) is 5.90. The van der Waals surface area contributed by atoms with Gasteiger partial charge in [-0.15, -0.1) is 0 Å². The molecular formula is C15H15Si. The lowest BCUT2D eigenvalue weighted by molar-refractivity contribution is 1.29. The van der Waals surface area contributed by atoms with Gasteiger partial charge in [-0.3, -0.25) is 0 Å². The predicted octanol–water partition coefficient (Wildman–Crippen LogP) is 3.76. The first-order chi connectivity index (χ1) is 7.95. The second kappa shape index (κ2) is 4.26. The molecule has 0 spiro atoms. The van der Waals surface area contributed by atoms with E-state index in [1.807, 2.05) is 0 Å². The van der Waals surface area contributed by atoms with Crippen LogP contribution in [-0.2, 0) is 0 Å². The molecule has 0 aliphatic heterocycles. The lowest BCUT2D eigenvalue weighted by Gasteiger charge is -2.19. The van der Waals surface area contributed by atoms with Crippen molar-refractivity contribution in [2.24, 2.45) is 0 Å². The Kier molecular flexibility index (Phi) is 2.62. The summed E-state index contributed by atoms with van der Waals surface area (Å²) in [5.41, 5.74) is 0. The van der Waals surface area contributed by atoms with E-state index in [0.717, 1.165) is 0 Å². The molecule has 3 aliphatic rings. The van der Waals surface area contributed by atoms with Crippen LogP contribution in [0.3, 0.4) is 0 Å². The maximum Gasteiger partial charge on any atom is 0.142 e. The van der Waals surface area contributed by atoms with E-state index >= 15 is 0 Å². The highest BCUT2D eigenvalue weighted by Crippen LogP contribution is 2.31. The highest BCUT2D eigenvalue weighted by molar-refractivity contribution is 6.81. The molecule has 1 heteroatoms. The Morgan fingerprint density at radius 1 is 0.625 bits per heavy atom. The van der Waals surface area contributed by atoms with Crippen LogP contribution in [0.1, 0.15) is 19.3 Å². The molecule has 0 aromatic rings. The van der Waals surface area contributed by atoms with Gasteiger partial charge in [0.15, 0.2) is 0 Å². The first kappa shape index (κ1) is 9.85. The van der Waals surface area contributed by atoms with E-state index in [1.54, 1.807) is 15.6 Å². The second-order valence-corrected chi connectivity index (χ2v) is 7.02. The van der Waals surface area contributed by atoms with Crippen LogP contribution in [0.2, 0.25) is 0 Å². The molecule has 0 aromatic carbocycles. The van der Waals surface area contributed by atoms with Crippen LogP contribution in [0, 0.1) is 0 Å². The molecule has 79 valence electrons. The molecule has 0 N–H and O–H groups in total. The highest BCUT2D eigenvalue weighted by atomic mass is 28.3. The van der Waals surface area contributed by atoms with Crippen LogP contribution in [-0.4, -0.2) is 8.80 Å². The van der Waals surface area contributed by atoms with Crippen molar-refractivity contribution in [3.8, 4) is 0 Å². The van der Waals surface area contributed by atoms with Crippen LogP contribution >= 0.6 is 0 Å². The third-order valence-corrected chi connectivity index (χ3v) is 6.32. The third-order valence-electron chi connectivity index (χ3n) is 3.28. The fourth-order valence-corrected chi connectivity index (χ4v) is 5.51. The summed E-state index contributed by atoms with van der Waals surface area (Å²) in [5.74, 6) is 0. The van der Waals surface area contributed by atoms with Crippen LogP contribution in [0.25, 0.3) is 0 Å². The van der Waals surface area contributed by atoms with Crippen LogP contribution in [0.4, 0.5) is 0 Å². The maximum absolute atomic E-state index is 2.34. The Balaban J connectivity index is 1.89. The number of rotatable bonds is 3. The van der Waals surface area contributed by atoms with Gasteiger partial charge in [0, 0.05) is 0 Å². The van der Waals surface area contributed by atoms with Crippen molar-refractivity contribution in [3.63, 3.8) is 0 Å². The van der Waals surface area contributed by atoms with Crippen LogP contribution in [0.5, 0.6) is 0 Å². The van der Waals surface area contributed by atoms with Crippen LogP contribution < -0.4 is 0 Å².